The molecule has 1 aliphatic carbocycles. The zero-order valence-corrected chi connectivity index (χ0v) is 16.8. The Kier molecular flexibility index (Phi) is 6.16. The van der Waals surface area contributed by atoms with Gasteiger partial charge in [0.25, 0.3) is 0 Å². The molecule has 0 radical (unpaired) electrons. The van der Waals surface area contributed by atoms with Gasteiger partial charge in [-0.3, -0.25) is 14.3 Å². The van der Waals surface area contributed by atoms with Crippen molar-refractivity contribution in [1.82, 2.24) is 24.6 Å². The first-order chi connectivity index (χ1) is 13.7. The monoisotopic (exact) mass is 391 g/mol. The summed E-state index contributed by atoms with van der Waals surface area (Å²) in [5.74, 6) is 0.709. The van der Waals surface area contributed by atoms with Gasteiger partial charge in [0.1, 0.15) is 12.4 Å². The summed E-state index contributed by atoms with van der Waals surface area (Å²) in [6.07, 6.45) is 9.95. The average molecular weight is 392 g/mol. The van der Waals surface area contributed by atoms with Crippen LogP contribution < -0.4 is 11.0 Å². The van der Waals surface area contributed by atoms with Crippen molar-refractivity contribution < 1.29 is 9.53 Å². The molecule has 1 N–H and O–H groups in total. The molecule has 0 bridgehead atoms. The van der Waals surface area contributed by atoms with Crippen molar-refractivity contribution in [1.29, 1.82) is 0 Å². The topological polar surface area (TPSA) is 81.4 Å². The van der Waals surface area contributed by atoms with E-state index < -0.39 is 0 Å². The lowest BCUT2D eigenvalue weighted by molar-refractivity contribution is -0.123. The normalized spacial score (nSPS) is 23.0. The number of nitrogens with zero attached hydrogens (tertiary/aromatic N) is 4. The van der Waals surface area contributed by atoms with Gasteiger partial charge in [-0.25, -0.2) is 9.48 Å². The van der Waals surface area contributed by atoms with E-state index in [1.54, 1.807) is 4.57 Å². The molecule has 2 fully saturated rings. The van der Waals surface area contributed by atoms with Crippen molar-refractivity contribution in [3.05, 3.63) is 16.3 Å². The largest absolute Gasteiger partial charge is 0.379 e. The summed E-state index contributed by atoms with van der Waals surface area (Å²) in [5.41, 5.74) is -0.110. The molecule has 8 heteroatoms. The highest BCUT2D eigenvalue weighted by atomic mass is 16.5. The van der Waals surface area contributed by atoms with Gasteiger partial charge in [-0.2, -0.15) is 5.10 Å². The van der Waals surface area contributed by atoms with Crippen molar-refractivity contribution >= 4 is 5.91 Å². The van der Waals surface area contributed by atoms with Crippen LogP contribution in [0, 0.1) is 0 Å². The predicted octanol–water partition coefficient (Wildman–Crippen LogP) is 0.923. The quantitative estimate of drug-likeness (QED) is 0.807. The van der Waals surface area contributed by atoms with Gasteiger partial charge >= 0.3 is 5.69 Å². The third kappa shape index (κ3) is 4.17. The number of fused-ring (bicyclic) bond motifs is 1. The number of morpholine rings is 1. The van der Waals surface area contributed by atoms with Crippen LogP contribution in [-0.4, -0.2) is 63.5 Å². The summed E-state index contributed by atoms with van der Waals surface area (Å²) in [7, 11) is 0. The Morgan fingerprint density at radius 2 is 1.79 bits per heavy atom. The van der Waals surface area contributed by atoms with Gasteiger partial charge in [-0.1, -0.05) is 25.7 Å². The predicted molar refractivity (Wildman–Crippen MR) is 105 cm³/mol. The highest BCUT2D eigenvalue weighted by Gasteiger charge is 2.38. The maximum absolute atomic E-state index is 12.6. The summed E-state index contributed by atoms with van der Waals surface area (Å²) in [5, 5.41) is 7.56. The zero-order chi connectivity index (χ0) is 19.4. The second kappa shape index (κ2) is 8.78. The minimum atomic E-state index is -0.146. The Morgan fingerprint density at radius 1 is 1.04 bits per heavy atom. The Morgan fingerprint density at radius 3 is 2.57 bits per heavy atom. The molecule has 1 amide bonds. The van der Waals surface area contributed by atoms with Crippen LogP contribution in [0.5, 0.6) is 0 Å². The van der Waals surface area contributed by atoms with E-state index in [1.807, 2.05) is 0 Å². The molecule has 8 nitrogen and oxygen atoms in total. The van der Waals surface area contributed by atoms with Crippen LogP contribution >= 0.6 is 0 Å². The van der Waals surface area contributed by atoms with Crippen molar-refractivity contribution in [3.8, 4) is 0 Å². The summed E-state index contributed by atoms with van der Waals surface area (Å²) in [6, 6.07) is 0. The second-order valence-electron chi connectivity index (χ2n) is 8.48. The molecule has 3 aliphatic rings. The molecule has 1 aromatic heterocycles. The van der Waals surface area contributed by atoms with Crippen LogP contribution in [0.1, 0.15) is 57.2 Å². The summed E-state index contributed by atoms with van der Waals surface area (Å²) in [6.45, 7) is 4.78. The molecule has 4 rings (SSSR count). The molecule has 0 unspecified atom stereocenters. The van der Waals surface area contributed by atoms with Gasteiger partial charge in [0.05, 0.1) is 13.2 Å². The average Bonchev–Trinajstić information content (AvgIpc) is 2.89. The van der Waals surface area contributed by atoms with E-state index in [0.717, 1.165) is 77.2 Å². The fraction of sp³-hybridized carbons (Fsp3) is 0.850. The number of carbonyl (C=O) groups is 1. The molecule has 156 valence electrons. The number of aryl methyl sites for hydroxylation is 1. The van der Waals surface area contributed by atoms with Gasteiger partial charge < -0.3 is 10.1 Å². The molecule has 28 heavy (non-hydrogen) atoms. The zero-order valence-electron chi connectivity index (χ0n) is 16.8. The van der Waals surface area contributed by atoms with Crippen LogP contribution in [-0.2, 0) is 29.0 Å². The molecule has 1 aromatic rings. The van der Waals surface area contributed by atoms with E-state index in [1.165, 1.54) is 23.9 Å². The molecular weight excluding hydrogens is 358 g/mol. The van der Waals surface area contributed by atoms with Crippen molar-refractivity contribution in [3.63, 3.8) is 0 Å². The smallest absolute Gasteiger partial charge is 0.346 e. The van der Waals surface area contributed by atoms with Crippen LogP contribution in [0.4, 0.5) is 0 Å². The third-order valence-corrected chi connectivity index (χ3v) is 6.66. The maximum atomic E-state index is 12.6. The van der Waals surface area contributed by atoms with Gasteiger partial charge in [0.15, 0.2) is 0 Å². The molecule has 1 saturated carbocycles. The maximum Gasteiger partial charge on any atom is 0.346 e. The third-order valence-electron chi connectivity index (χ3n) is 6.66. The Balaban J connectivity index is 1.39. The lowest BCUT2D eigenvalue weighted by atomic mass is 9.79. The molecule has 3 heterocycles. The lowest BCUT2D eigenvalue weighted by Gasteiger charge is -2.48. The van der Waals surface area contributed by atoms with Gasteiger partial charge in [-0.15, -0.1) is 0 Å². The fourth-order valence-electron chi connectivity index (χ4n) is 5.04. The van der Waals surface area contributed by atoms with E-state index in [-0.39, 0.29) is 23.7 Å². The number of carbonyl (C=O) groups excluding carboxylic acids is 1. The first-order valence-corrected chi connectivity index (χ1v) is 10.9. The lowest BCUT2D eigenvalue weighted by Crippen LogP contribution is -2.59. The van der Waals surface area contributed by atoms with Crippen LogP contribution in [0.2, 0.25) is 0 Å². The Hall–Kier alpha value is -1.67. The molecular formula is C20H33N5O3. The Labute approximate surface area is 166 Å². The first kappa shape index (κ1) is 19.6. The van der Waals surface area contributed by atoms with E-state index in [0.29, 0.717) is 6.54 Å². The highest BCUT2D eigenvalue weighted by molar-refractivity contribution is 5.75. The fourth-order valence-corrected chi connectivity index (χ4v) is 5.04. The highest BCUT2D eigenvalue weighted by Crippen LogP contribution is 2.33. The SMILES string of the molecule is O=C(Cn1nc2n(c1=O)CCCCC2)NCC1(N2CCOCC2)CCCCC1. The molecule has 0 aromatic carbocycles. The van der Waals surface area contributed by atoms with E-state index >= 15 is 0 Å². The van der Waals surface area contributed by atoms with Gasteiger partial charge in [0, 0.05) is 38.1 Å². The summed E-state index contributed by atoms with van der Waals surface area (Å²) in [4.78, 5) is 27.7. The van der Waals surface area contributed by atoms with Crippen molar-refractivity contribution in [2.75, 3.05) is 32.8 Å². The van der Waals surface area contributed by atoms with Crippen molar-refractivity contribution in [2.24, 2.45) is 0 Å². The standard InChI is InChI=1S/C20H33N5O3/c26-18(15-25-19(27)24-10-6-1-3-7-17(24)22-25)21-16-20(8-4-2-5-9-20)23-11-13-28-14-12-23/h1-16H2,(H,21,26). The summed E-state index contributed by atoms with van der Waals surface area (Å²) >= 11 is 0. The number of ether oxygens (including phenoxy) is 1. The molecule has 0 atom stereocenters. The second-order valence-corrected chi connectivity index (χ2v) is 8.48. The van der Waals surface area contributed by atoms with E-state index in [2.05, 4.69) is 15.3 Å². The van der Waals surface area contributed by atoms with Crippen LogP contribution in [0.3, 0.4) is 0 Å². The number of aromatic nitrogens is 3. The number of rotatable bonds is 5. The van der Waals surface area contributed by atoms with Crippen LogP contribution in [0.15, 0.2) is 4.79 Å². The first-order valence-electron chi connectivity index (χ1n) is 10.9. The number of hydrogen-bond acceptors (Lipinski definition) is 5. The Bertz CT molecular complexity index is 729. The number of hydrogen-bond donors (Lipinski definition) is 1. The summed E-state index contributed by atoms with van der Waals surface area (Å²) < 4.78 is 8.62. The molecule has 1 saturated heterocycles. The van der Waals surface area contributed by atoms with Crippen LogP contribution in [0.25, 0.3) is 0 Å². The van der Waals surface area contributed by atoms with Crippen molar-refractivity contribution in [2.45, 2.75) is 76.4 Å². The van der Waals surface area contributed by atoms with E-state index in [4.69, 9.17) is 4.74 Å². The minimum absolute atomic E-state index is 0.0119. The number of amides is 1. The van der Waals surface area contributed by atoms with Gasteiger partial charge in [0.2, 0.25) is 5.91 Å². The molecule has 2 aliphatic heterocycles. The van der Waals surface area contributed by atoms with Gasteiger partial charge in [-0.05, 0) is 25.7 Å². The number of nitrogens with one attached hydrogen (secondary N) is 1. The molecule has 0 spiro atoms. The van der Waals surface area contributed by atoms with E-state index in [9.17, 15) is 9.59 Å². The minimum Gasteiger partial charge on any atom is -0.379 e.